The predicted octanol–water partition coefficient (Wildman–Crippen LogP) is 4.39. The van der Waals surface area contributed by atoms with E-state index in [0.29, 0.717) is 11.8 Å². The molecule has 4 nitrogen and oxygen atoms in total. The van der Waals surface area contributed by atoms with Crippen LogP contribution in [0.15, 0.2) is 54.4 Å². The van der Waals surface area contributed by atoms with E-state index in [-0.39, 0.29) is 43.2 Å². The van der Waals surface area contributed by atoms with Gasteiger partial charge in [-0.1, -0.05) is 0 Å². The highest BCUT2D eigenvalue weighted by atomic mass is 35.5. The first-order chi connectivity index (χ1) is 13.2. The first-order valence-corrected chi connectivity index (χ1v) is 8.11. The lowest BCUT2D eigenvalue weighted by molar-refractivity contribution is -0.137. The van der Waals surface area contributed by atoms with Crippen molar-refractivity contribution in [3.8, 4) is 5.75 Å². The number of hydrogen-bond acceptors (Lipinski definition) is 3. The summed E-state index contributed by atoms with van der Waals surface area (Å²) in [4.78, 5) is 12.1. The molecule has 0 saturated heterocycles. The van der Waals surface area contributed by atoms with Crippen LogP contribution in [-0.2, 0) is 12.7 Å². The van der Waals surface area contributed by atoms with Crippen LogP contribution in [0.5, 0.6) is 5.75 Å². The summed E-state index contributed by atoms with van der Waals surface area (Å²) in [5, 5.41) is 2.41. The molecule has 0 aliphatic carbocycles. The largest absolute Gasteiger partial charge is 0.487 e. The number of alkyl halides is 3. The number of amides is 1. The summed E-state index contributed by atoms with van der Waals surface area (Å²) in [6.45, 7) is -0.541. The van der Waals surface area contributed by atoms with Gasteiger partial charge in [-0.25, -0.2) is 8.78 Å². The fourth-order valence-electron chi connectivity index (χ4n) is 2.24. The SMILES string of the molecule is Cl.NC/C=C(\F)COc1ccc(C(=O)NCc2cc(F)cc(C(F)(F)F)c2)cc1. The fourth-order valence-corrected chi connectivity index (χ4v) is 2.24. The van der Waals surface area contributed by atoms with Crippen molar-refractivity contribution in [1.82, 2.24) is 5.32 Å². The highest BCUT2D eigenvalue weighted by Crippen LogP contribution is 2.30. The maximum absolute atomic E-state index is 13.4. The van der Waals surface area contributed by atoms with Gasteiger partial charge >= 0.3 is 6.18 Å². The summed E-state index contributed by atoms with van der Waals surface area (Å²) in [6, 6.07) is 7.75. The van der Waals surface area contributed by atoms with Crippen LogP contribution < -0.4 is 15.8 Å². The minimum atomic E-state index is -4.69. The standard InChI is InChI=1S/C19H17F5N2O2.ClH/c20-15(5-6-25)11-28-17-3-1-13(2-4-17)18(27)26-10-12-7-14(19(22,23)24)9-16(21)8-12;/h1-5,7-9H,6,10-11,25H2,(H,26,27);1H/b15-5-;. The van der Waals surface area contributed by atoms with Gasteiger partial charge in [-0.15, -0.1) is 12.4 Å². The first-order valence-electron chi connectivity index (χ1n) is 8.11. The molecule has 0 spiro atoms. The van der Waals surface area contributed by atoms with Crippen molar-refractivity contribution >= 4 is 18.3 Å². The highest BCUT2D eigenvalue weighted by molar-refractivity contribution is 5.94. The molecule has 2 rings (SSSR count). The maximum atomic E-state index is 13.4. The second kappa shape index (κ2) is 10.8. The topological polar surface area (TPSA) is 64.3 Å². The highest BCUT2D eigenvalue weighted by Gasteiger charge is 2.31. The minimum Gasteiger partial charge on any atom is -0.487 e. The van der Waals surface area contributed by atoms with Crippen molar-refractivity contribution in [2.24, 2.45) is 5.73 Å². The van der Waals surface area contributed by atoms with E-state index in [0.717, 1.165) is 12.1 Å². The molecule has 0 fully saturated rings. The molecule has 0 unspecified atom stereocenters. The van der Waals surface area contributed by atoms with E-state index in [4.69, 9.17) is 10.5 Å². The summed E-state index contributed by atoms with van der Waals surface area (Å²) in [6.07, 6.45) is -3.52. The van der Waals surface area contributed by atoms with Crippen molar-refractivity contribution in [1.29, 1.82) is 0 Å². The molecule has 158 valence electrons. The smallest absolute Gasteiger partial charge is 0.416 e. The Morgan fingerprint density at radius 2 is 1.79 bits per heavy atom. The zero-order chi connectivity index (χ0) is 20.7. The van der Waals surface area contributed by atoms with Gasteiger partial charge in [0.05, 0.1) is 5.56 Å². The van der Waals surface area contributed by atoms with E-state index in [1.54, 1.807) is 0 Å². The van der Waals surface area contributed by atoms with Crippen molar-refractivity contribution < 1.29 is 31.5 Å². The Bertz CT molecular complexity index is 855. The molecular formula is C19H18ClF5N2O2. The van der Waals surface area contributed by atoms with Crippen LogP contribution in [0.2, 0.25) is 0 Å². The molecule has 2 aromatic carbocycles. The van der Waals surface area contributed by atoms with E-state index in [1.807, 2.05) is 0 Å². The molecule has 0 atom stereocenters. The van der Waals surface area contributed by atoms with Gasteiger partial charge in [0, 0.05) is 18.7 Å². The lowest BCUT2D eigenvalue weighted by atomic mass is 10.1. The maximum Gasteiger partial charge on any atom is 0.416 e. The van der Waals surface area contributed by atoms with E-state index in [9.17, 15) is 26.7 Å². The number of carbonyl (C=O) groups is 1. The van der Waals surface area contributed by atoms with Crippen LogP contribution in [-0.4, -0.2) is 19.1 Å². The molecule has 0 saturated carbocycles. The Hall–Kier alpha value is -2.65. The van der Waals surface area contributed by atoms with Crippen molar-refractivity contribution in [3.05, 3.63) is 76.9 Å². The number of ether oxygens (including phenoxy) is 1. The average molecular weight is 437 g/mol. The van der Waals surface area contributed by atoms with Crippen LogP contribution in [0.25, 0.3) is 0 Å². The van der Waals surface area contributed by atoms with Gasteiger partial charge < -0.3 is 15.8 Å². The molecule has 0 heterocycles. The number of benzene rings is 2. The molecule has 0 aliphatic heterocycles. The second-order valence-electron chi connectivity index (χ2n) is 5.73. The number of carbonyl (C=O) groups excluding carboxylic acids is 1. The monoisotopic (exact) mass is 436 g/mol. The summed E-state index contributed by atoms with van der Waals surface area (Å²) < 4.78 is 69.8. The van der Waals surface area contributed by atoms with Gasteiger partial charge in [0.15, 0.2) is 0 Å². The Labute approximate surface area is 169 Å². The second-order valence-corrected chi connectivity index (χ2v) is 5.73. The number of rotatable bonds is 7. The zero-order valence-electron chi connectivity index (χ0n) is 14.9. The van der Waals surface area contributed by atoms with E-state index in [1.165, 1.54) is 30.3 Å². The van der Waals surface area contributed by atoms with Crippen molar-refractivity contribution in [2.75, 3.05) is 13.2 Å². The van der Waals surface area contributed by atoms with Crippen LogP contribution in [0.4, 0.5) is 22.0 Å². The van der Waals surface area contributed by atoms with E-state index in [2.05, 4.69) is 5.32 Å². The molecule has 0 bridgehead atoms. The summed E-state index contributed by atoms with van der Waals surface area (Å²) in [7, 11) is 0. The van der Waals surface area contributed by atoms with Crippen LogP contribution in [0.1, 0.15) is 21.5 Å². The zero-order valence-corrected chi connectivity index (χ0v) is 15.7. The predicted molar refractivity (Wildman–Crippen MR) is 100 cm³/mol. The Morgan fingerprint density at radius 1 is 1.14 bits per heavy atom. The van der Waals surface area contributed by atoms with Crippen LogP contribution >= 0.6 is 12.4 Å². The molecule has 0 radical (unpaired) electrons. The lowest BCUT2D eigenvalue weighted by Crippen LogP contribution is -2.23. The molecule has 0 aliphatic rings. The van der Waals surface area contributed by atoms with E-state index < -0.39 is 29.3 Å². The van der Waals surface area contributed by atoms with Crippen molar-refractivity contribution in [2.45, 2.75) is 12.7 Å². The summed E-state index contributed by atoms with van der Waals surface area (Å²) >= 11 is 0. The molecule has 29 heavy (non-hydrogen) atoms. The molecule has 10 heteroatoms. The van der Waals surface area contributed by atoms with Crippen LogP contribution in [0, 0.1) is 5.82 Å². The first kappa shape index (κ1) is 24.4. The number of halogens is 6. The van der Waals surface area contributed by atoms with Crippen LogP contribution in [0.3, 0.4) is 0 Å². The van der Waals surface area contributed by atoms with Gasteiger partial charge in [-0.3, -0.25) is 4.79 Å². The third-order valence-corrected chi connectivity index (χ3v) is 3.57. The molecular weight excluding hydrogens is 419 g/mol. The molecule has 2 aromatic rings. The third kappa shape index (κ3) is 7.71. The molecule has 0 aromatic heterocycles. The molecule has 3 N–H and O–H groups in total. The summed E-state index contributed by atoms with van der Waals surface area (Å²) in [5.74, 6) is -1.83. The Balaban J connectivity index is 0.00000420. The third-order valence-electron chi connectivity index (χ3n) is 3.57. The quantitative estimate of drug-likeness (QED) is 0.633. The number of hydrogen-bond donors (Lipinski definition) is 2. The number of nitrogens with two attached hydrogens (primary N) is 1. The fraction of sp³-hybridized carbons (Fsp3) is 0.211. The van der Waals surface area contributed by atoms with E-state index >= 15 is 0 Å². The van der Waals surface area contributed by atoms with Gasteiger partial charge in [0.2, 0.25) is 0 Å². The van der Waals surface area contributed by atoms with Crippen molar-refractivity contribution in [3.63, 3.8) is 0 Å². The van der Waals surface area contributed by atoms with Gasteiger partial charge in [-0.05, 0) is 54.1 Å². The Morgan fingerprint density at radius 3 is 2.38 bits per heavy atom. The average Bonchev–Trinajstić information content (AvgIpc) is 2.64. The van der Waals surface area contributed by atoms with Gasteiger partial charge in [0.25, 0.3) is 5.91 Å². The Kier molecular flexibility index (Phi) is 9.06. The van der Waals surface area contributed by atoms with Gasteiger partial charge in [0.1, 0.15) is 24.0 Å². The normalized spacial score (nSPS) is 11.6. The lowest BCUT2D eigenvalue weighted by Gasteiger charge is -2.11. The summed E-state index contributed by atoms with van der Waals surface area (Å²) in [5.41, 5.74) is 4.22. The number of nitrogens with one attached hydrogen (secondary N) is 1. The molecule has 1 amide bonds. The van der Waals surface area contributed by atoms with Gasteiger partial charge in [-0.2, -0.15) is 13.2 Å². The minimum absolute atomic E-state index is 0.